The van der Waals surface area contributed by atoms with Crippen molar-refractivity contribution in [3.8, 4) is 0 Å². The Morgan fingerprint density at radius 1 is 1.12 bits per heavy atom. The lowest BCUT2D eigenvalue weighted by Crippen LogP contribution is -2.51. The minimum atomic E-state index is 0.109. The Balaban J connectivity index is 1.48. The molecule has 0 radical (unpaired) electrons. The summed E-state index contributed by atoms with van der Waals surface area (Å²) in [6.45, 7) is 9.07. The maximum absolute atomic E-state index is 12.4. The SMILES string of the molecule is CC(C)c1ccccc1NC(=O)CN1CCN(C2CCCC2)CC1. The van der Waals surface area contributed by atoms with Gasteiger partial charge in [-0.3, -0.25) is 14.6 Å². The van der Waals surface area contributed by atoms with Crippen LogP contribution in [-0.4, -0.2) is 54.5 Å². The first-order valence-electron chi connectivity index (χ1n) is 9.48. The predicted octanol–water partition coefficient (Wildman–Crippen LogP) is 3.31. The van der Waals surface area contributed by atoms with Crippen LogP contribution in [0.2, 0.25) is 0 Å². The van der Waals surface area contributed by atoms with Crippen molar-refractivity contribution in [2.75, 3.05) is 38.0 Å². The van der Waals surface area contributed by atoms with E-state index in [0.717, 1.165) is 37.9 Å². The Kier molecular flexibility index (Phi) is 5.90. The Bertz CT molecular complexity index is 544. The van der Waals surface area contributed by atoms with Crippen molar-refractivity contribution in [1.29, 1.82) is 0 Å². The normalized spacial score (nSPS) is 20.6. The number of amides is 1. The maximum Gasteiger partial charge on any atom is 0.238 e. The van der Waals surface area contributed by atoms with Gasteiger partial charge in [-0.05, 0) is 30.4 Å². The van der Waals surface area contributed by atoms with E-state index in [2.05, 4.69) is 35.0 Å². The second-order valence-corrected chi connectivity index (χ2v) is 7.54. The van der Waals surface area contributed by atoms with E-state index in [-0.39, 0.29) is 5.91 Å². The maximum atomic E-state index is 12.4. The third kappa shape index (κ3) is 4.37. The molecule has 132 valence electrons. The van der Waals surface area contributed by atoms with Gasteiger partial charge in [-0.1, -0.05) is 44.9 Å². The lowest BCUT2D eigenvalue weighted by Gasteiger charge is -2.37. The molecule has 0 bridgehead atoms. The molecule has 1 aliphatic heterocycles. The summed E-state index contributed by atoms with van der Waals surface area (Å²) in [5.74, 6) is 0.522. The number of carbonyl (C=O) groups excluding carboxylic acids is 1. The van der Waals surface area contributed by atoms with Crippen LogP contribution in [-0.2, 0) is 4.79 Å². The van der Waals surface area contributed by atoms with Crippen LogP contribution in [0.5, 0.6) is 0 Å². The highest BCUT2D eigenvalue weighted by atomic mass is 16.2. The fourth-order valence-electron chi connectivity index (χ4n) is 4.06. The van der Waals surface area contributed by atoms with Crippen LogP contribution in [0, 0.1) is 0 Å². The summed E-state index contributed by atoms with van der Waals surface area (Å²) in [7, 11) is 0. The fraction of sp³-hybridized carbons (Fsp3) is 0.650. The van der Waals surface area contributed by atoms with E-state index in [1.54, 1.807) is 0 Å². The number of nitrogens with one attached hydrogen (secondary N) is 1. The Labute approximate surface area is 146 Å². The summed E-state index contributed by atoms with van der Waals surface area (Å²) >= 11 is 0. The van der Waals surface area contributed by atoms with Crippen LogP contribution in [0.25, 0.3) is 0 Å². The van der Waals surface area contributed by atoms with Gasteiger partial charge in [0.2, 0.25) is 5.91 Å². The van der Waals surface area contributed by atoms with Gasteiger partial charge < -0.3 is 5.32 Å². The van der Waals surface area contributed by atoms with E-state index >= 15 is 0 Å². The summed E-state index contributed by atoms with van der Waals surface area (Å²) in [4.78, 5) is 17.4. The predicted molar refractivity (Wildman–Crippen MR) is 99.4 cm³/mol. The number of carbonyl (C=O) groups is 1. The zero-order valence-electron chi connectivity index (χ0n) is 15.1. The topological polar surface area (TPSA) is 35.6 Å². The zero-order valence-corrected chi connectivity index (χ0v) is 15.1. The summed E-state index contributed by atoms with van der Waals surface area (Å²) < 4.78 is 0. The summed E-state index contributed by atoms with van der Waals surface area (Å²) in [6.07, 6.45) is 5.52. The van der Waals surface area contributed by atoms with Crippen LogP contribution >= 0.6 is 0 Å². The van der Waals surface area contributed by atoms with Gasteiger partial charge in [0.05, 0.1) is 6.54 Å². The van der Waals surface area contributed by atoms with E-state index in [4.69, 9.17) is 0 Å². The van der Waals surface area contributed by atoms with Crippen LogP contribution in [0.15, 0.2) is 24.3 Å². The summed E-state index contributed by atoms with van der Waals surface area (Å²) in [6, 6.07) is 8.93. The van der Waals surface area contributed by atoms with E-state index in [9.17, 15) is 4.79 Å². The van der Waals surface area contributed by atoms with Gasteiger partial charge in [0.25, 0.3) is 0 Å². The van der Waals surface area contributed by atoms with Crippen molar-refractivity contribution < 1.29 is 4.79 Å². The van der Waals surface area contributed by atoms with E-state index in [1.807, 2.05) is 18.2 Å². The van der Waals surface area contributed by atoms with Gasteiger partial charge in [-0.15, -0.1) is 0 Å². The molecule has 2 fully saturated rings. The number of nitrogens with zero attached hydrogens (tertiary/aromatic N) is 2. The van der Waals surface area contributed by atoms with Crippen LogP contribution < -0.4 is 5.32 Å². The van der Waals surface area contributed by atoms with E-state index in [1.165, 1.54) is 31.2 Å². The summed E-state index contributed by atoms with van der Waals surface area (Å²) in [5, 5.41) is 3.11. The second-order valence-electron chi connectivity index (χ2n) is 7.54. The molecule has 1 aliphatic carbocycles. The lowest BCUT2D eigenvalue weighted by atomic mass is 10.0. The van der Waals surface area contributed by atoms with Crippen LogP contribution in [0.3, 0.4) is 0 Å². The molecule has 1 amide bonds. The lowest BCUT2D eigenvalue weighted by molar-refractivity contribution is -0.117. The standard InChI is InChI=1S/C20H31N3O/c1-16(2)18-9-5-6-10-19(18)21-20(24)15-22-11-13-23(14-12-22)17-7-3-4-8-17/h5-6,9-10,16-17H,3-4,7-8,11-15H2,1-2H3,(H,21,24). The molecule has 3 rings (SSSR count). The van der Waals surface area contributed by atoms with Gasteiger partial charge >= 0.3 is 0 Å². The van der Waals surface area contributed by atoms with Crippen molar-refractivity contribution in [2.45, 2.75) is 51.5 Å². The molecule has 0 unspecified atom stereocenters. The largest absolute Gasteiger partial charge is 0.325 e. The van der Waals surface area contributed by atoms with Crippen molar-refractivity contribution in [2.24, 2.45) is 0 Å². The first kappa shape index (κ1) is 17.4. The average molecular weight is 329 g/mol. The molecular formula is C20H31N3O. The molecule has 0 aromatic heterocycles. The number of piperazine rings is 1. The molecule has 1 saturated carbocycles. The second kappa shape index (κ2) is 8.13. The number of hydrogen-bond donors (Lipinski definition) is 1. The number of rotatable bonds is 5. The molecule has 0 spiro atoms. The molecule has 1 aromatic carbocycles. The smallest absolute Gasteiger partial charge is 0.238 e. The first-order valence-corrected chi connectivity index (χ1v) is 9.48. The van der Waals surface area contributed by atoms with Crippen LogP contribution in [0.1, 0.15) is 51.0 Å². The minimum Gasteiger partial charge on any atom is -0.325 e. The number of hydrogen-bond acceptors (Lipinski definition) is 3. The first-order chi connectivity index (χ1) is 11.6. The van der Waals surface area contributed by atoms with Crippen molar-refractivity contribution in [3.63, 3.8) is 0 Å². The molecule has 2 aliphatic rings. The van der Waals surface area contributed by atoms with Crippen molar-refractivity contribution in [1.82, 2.24) is 9.80 Å². The molecular weight excluding hydrogens is 298 g/mol. The highest BCUT2D eigenvalue weighted by Crippen LogP contribution is 2.25. The Morgan fingerprint density at radius 3 is 2.46 bits per heavy atom. The molecule has 24 heavy (non-hydrogen) atoms. The van der Waals surface area contributed by atoms with Gasteiger partial charge in [-0.2, -0.15) is 0 Å². The molecule has 4 heteroatoms. The molecule has 1 saturated heterocycles. The van der Waals surface area contributed by atoms with Gasteiger partial charge in [-0.25, -0.2) is 0 Å². The molecule has 0 atom stereocenters. The number of benzene rings is 1. The van der Waals surface area contributed by atoms with E-state index < -0.39 is 0 Å². The van der Waals surface area contributed by atoms with E-state index in [0.29, 0.717) is 12.5 Å². The zero-order chi connectivity index (χ0) is 16.9. The van der Waals surface area contributed by atoms with Crippen molar-refractivity contribution >= 4 is 11.6 Å². The number of para-hydroxylation sites is 1. The minimum absolute atomic E-state index is 0.109. The fourth-order valence-corrected chi connectivity index (χ4v) is 4.06. The molecule has 1 N–H and O–H groups in total. The molecule has 1 aromatic rings. The monoisotopic (exact) mass is 329 g/mol. The molecule has 4 nitrogen and oxygen atoms in total. The highest BCUT2D eigenvalue weighted by molar-refractivity contribution is 5.93. The Hall–Kier alpha value is -1.39. The molecule has 1 heterocycles. The third-order valence-corrected chi connectivity index (χ3v) is 5.47. The van der Waals surface area contributed by atoms with Gasteiger partial charge in [0, 0.05) is 37.9 Å². The van der Waals surface area contributed by atoms with Gasteiger partial charge in [0.15, 0.2) is 0 Å². The summed E-state index contributed by atoms with van der Waals surface area (Å²) in [5.41, 5.74) is 2.17. The third-order valence-electron chi connectivity index (χ3n) is 5.47. The quantitative estimate of drug-likeness (QED) is 0.900. The highest BCUT2D eigenvalue weighted by Gasteiger charge is 2.26. The van der Waals surface area contributed by atoms with Crippen molar-refractivity contribution in [3.05, 3.63) is 29.8 Å². The number of anilines is 1. The Morgan fingerprint density at radius 2 is 1.79 bits per heavy atom. The van der Waals surface area contributed by atoms with Crippen LogP contribution in [0.4, 0.5) is 5.69 Å². The van der Waals surface area contributed by atoms with Gasteiger partial charge in [0.1, 0.15) is 0 Å². The average Bonchev–Trinajstić information content (AvgIpc) is 3.10.